The first-order chi connectivity index (χ1) is 20.1. The van der Waals surface area contributed by atoms with Gasteiger partial charge >= 0.3 is 5.97 Å². The van der Waals surface area contributed by atoms with E-state index in [1.807, 2.05) is 12.2 Å². The van der Waals surface area contributed by atoms with Crippen molar-refractivity contribution in [3.63, 3.8) is 0 Å². The number of aromatic amines is 1. The van der Waals surface area contributed by atoms with Crippen molar-refractivity contribution in [3.8, 4) is 22.5 Å². The third-order valence-electron chi connectivity index (χ3n) is 8.60. The van der Waals surface area contributed by atoms with Gasteiger partial charge in [0, 0.05) is 41.9 Å². The van der Waals surface area contributed by atoms with Crippen LogP contribution in [0.25, 0.3) is 22.5 Å². The first kappa shape index (κ1) is 27.4. The lowest BCUT2D eigenvalue weighted by molar-refractivity contribution is -0.137. The number of nitrogens with one attached hydrogen (secondary N) is 1. The number of hydrogen-bond donors (Lipinski definition) is 2. The second-order valence-electron chi connectivity index (χ2n) is 11.5. The van der Waals surface area contributed by atoms with Crippen LogP contribution in [0.2, 0.25) is 0 Å². The standard InChI is InChI=1S/C35H37N3O2S/c39-34(40)17-19-35(18-4-20-37-35)22-33-38-32(24-41-33)30-15-13-29(14-16-30)31-21-26(23-36-31)8-7-25-9-11-28(12-10-25)27-5-2-1-3-6-27/h4,9-16,18,20-21,23-24,27,36H,1-3,5-8,17,19,22H2,(H,39,40). The monoisotopic (exact) mass is 563 g/mol. The van der Waals surface area contributed by atoms with Crippen LogP contribution in [0.3, 0.4) is 0 Å². The SMILES string of the molecule is O=C(O)CCC1(Cc2nc(-c3ccc(-c4cc(CCc5ccc(C6CCCCC6)cc5)c[nH]4)cc3)cs2)C=CC=N1. The lowest BCUT2D eigenvalue weighted by Crippen LogP contribution is -2.26. The summed E-state index contributed by atoms with van der Waals surface area (Å²) in [6.07, 6.45) is 17.9. The molecule has 1 unspecified atom stereocenters. The Hall–Kier alpha value is -3.77. The fraction of sp³-hybridized carbons (Fsp3) is 0.343. The Morgan fingerprint density at radius 3 is 2.46 bits per heavy atom. The number of carboxylic acid groups (broad SMARTS) is 1. The molecule has 2 aromatic heterocycles. The van der Waals surface area contributed by atoms with Crippen molar-refractivity contribution in [3.05, 3.63) is 100 Å². The van der Waals surface area contributed by atoms with E-state index in [9.17, 15) is 4.79 Å². The number of carbonyl (C=O) groups is 1. The van der Waals surface area contributed by atoms with Crippen LogP contribution in [0.5, 0.6) is 0 Å². The highest BCUT2D eigenvalue weighted by molar-refractivity contribution is 7.10. The van der Waals surface area contributed by atoms with Crippen LogP contribution in [-0.4, -0.2) is 32.8 Å². The summed E-state index contributed by atoms with van der Waals surface area (Å²) in [7, 11) is 0. The van der Waals surface area contributed by atoms with Gasteiger partial charge in [0.15, 0.2) is 0 Å². The van der Waals surface area contributed by atoms with E-state index in [1.165, 1.54) is 48.8 Å². The van der Waals surface area contributed by atoms with E-state index in [1.54, 1.807) is 17.6 Å². The number of thiazole rings is 1. The predicted molar refractivity (Wildman–Crippen MR) is 168 cm³/mol. The number of aromatic nitrogens is 2. The number of H-pyrrole nitrogens is 1. The molecule has 1 aliphatic heterocycles. The minimum absolute atomic E-state index is 0.0926. The molecule has 210 valence electrons. The van der Waals surface area contributed by atoms with Gasteiger partial charge in [-0.1, -0.05) is 73.9 Å². The van der Waals surface area contributed by atoms with Gasteiger partial charge in [0.05, 0.1) is 16.2 Å². The Morgan fingerprint density at radius 2 is 1.73 bits per heavy atom. The van der Waals surface area contributed by atoms with Gasteiger partial charge in [0.1, 0.15) is 0 Å². The summed E-state index contributed by atoms with van der Waals surface area (Å²) in [6, 6.07) is 20.2. The predicted octanol–water partition coefficient (Wildman–Crippen LogP) is 8.42. The van der Waals surface area contributed by atoms with E-state index in [0.717, 1.165) is 46.3 Å². The fourth-order valence-electron chi connectivity index (χ4n) is 6.16. The molecule has 6 heteroatoms. The van der Waals surface area contributed by atoms with Gasteiger partial charge in [-0.15, -0.1) is 11.3 Å². The normalized spacial score (nSPS) is 18.7. The zero-order valence-corrected chi connectivity index (χ0v) is 24.2. The van der Waals surface area contributed by atoms with Gasteiger partial charge in [-0.25, -0.2) is 4.98 Å². The van der Waals surface area contributed by atoms with Crippen LogP contribution < -0.4 is 0 Å². The molecule has 1 fully saturated rings. The summed E-state index contributed by atoms with van der Waals surface area (Å²) in [5, 5.41) is 12.2. The molecule has 2 aliphatic rings. The van der Waals surface area contributed by atoms with E-state index in [0.29, 0.717) is 12.8 Å². The summed E-state index contributed by atoms with van der Waals surface area (Å²) in [5.74, 6) is -0.0334. The summed E-state index contributed by atoms with van der Waals surface area (Å²) in [4.78, 5) is 24.0. The van der Waals surface area contributed by atoms with E-state index in [-0.39, 0.29) is 6.42 Å². The number of aliphatic imine (C=N–C) groups is 1. The van der Waals surface area contributed by atoms with E-state index in [4.69, 9.17) is 10.1 Å². The van der Waals surface area contributed by atoms with Crippen molar-refractivity contribution in [2.24, 2.45) is 4.99 Å². The maximum atomic E-state index is 11.1. The second kappa shape index (κ2) is 12.4. The zero-order chi connectivity index (χ0) is 28.1. The van der Waals surface area contributed by atoms with Gasteiger partial charge in [-0.05, 0) is 72.4 Å². The molecule has 1 aliphatic carbocycles. The van der Waals surface area contributed by atoms with Crippen molar-refractivity contribution >= 4 is 23.5 Å². The smallest absolute Gasteiger partial charge is 0.303 e. The van der Waals surface area contributed by atoms with E-state index in [2.05, 4.69) is 76.2 Å². The molecule has 1 saturated carbocycles. The van der Waals surface area contributed by atoms with Crippen molar-refractivity contribution < 1.29 is 9.90 Å². The molecule has 6 rings (SSSR count). The number of benzene rings is 2. The van der Waals surface area contributed by atoms with Crippen LogP contribution in [-0.2, 0) is 24.1 Å². The number of hydrogen-bond acceptors (Lipinski definition) is 4. The quantitative estimate of drug-likeness (QED) is 0.192. The highest BCUT2D eigenvalue weighted by Crippen LogP contribution is 2.34. The molecule has 2 N–H and O–H groups in total. The molecule has 4 aromatic rings. The number of allylic oxidation sites excluding steroid dienone is 1. The van der Waals surface area contributed by atoms with Crippen LogP contribution in [0.15, 0.2) is 83.3 Å². The summed E-state index contributed by atoms with van der Waals surface area (Å²) in [6.45, 7) is 0. The highest BCUT2D eigenvalue weighted by Gasteiger charge is 2.30. The summed E-state index contributed by atoms with van der Waals surface area (Å²) >= 11 is 1.61. The fourth-order valence-corrected chi connectivity index (χ4v) is 7.08. The molecule has 0 amide bonds. The lowest BCUT2D eigenvalue weighted by atomic mass is 9.84. The Bertz CT molecular complexity index is 1510. The molecule has 1 atom stereocenters. The van der Waals surface area contributed by atoms with Crippen LogP contribution >= 0.6 is 11.3 Å². The van der Waals surface area contributed by atoms with Crippen molar-refractivity contribution in [2.45, 2.75) is 75.7 Å². The van der Waals surface area contributed by atoms with Gasteiger partial charge in [-0.2, -0.15) is 0 Å². The molecular formula is C35H37N3O2S. The van der Waals surface area contributed by atoms with E-state index >= 15 is 0 Å². The third kappa shape index (κ3) is 6.76. The van der Waals surface area contributed by atoms with E-state index < -0.39 is 11.5 Å². The molecular weight excluding hydrogens is 526 g/mol. The van der Waals surface area contributed by atoms with Crippen molar-refractivity contribution in [2.75, 3.05) is 0 Å². The Labute approximate surface area is 246 Å². The Kier molecular flexibility index (Phi) is 8.28. The molecule has 2 aromatic carbocycles. The summed E-state index contributed by atoms with van der Waals surface area (Å²) < 4.78 is 0. The topological polar surface area (TPSA) is 78.3 Å². The molecule has 0 bridgehead atoms. The number of nitrogens with zero attached hydrogens (tertiary/aromatic N) is 2. The average Bonchev–Trinajstić information content (AvgIpc) is 3.78. The van der Waals surface area contributed by atoms with Crippen LogP contribution in [0.4, 0.5) is 0 Å². The van der Waals surface area contributed by atoms with Crippen molar-refractivity contribution in [1.82, 2.24) is 9.97 Å². The third-order valence-corrected chi connectivity index (χ3v) is 9.45. The molecule has 0 radical (unpaired) electrons. The highest BCUT2D eigenvalue weighted by atomic mass is 32.1. The average molecular weight is 564 g/mol. The maximum absolute atomic E-state index is 11.1. The molecule has 5 nitrogen and oxygen atoms in total. The van der Waals surface area contributed by atoms with Crippen LogP contribution in [0.1, 0.15) is 72.6 Å². The first-order valence-corrected chi connectivity index (χ1v) is 15.7. The molecule has 41 heavy (non-hydrogen) atoms. The molecule has 0 spiro atoms. The lowest BCUT2D eigenvalue weighted by Gasteiger charge is -2.22. The minimum atomic E-state index is -0.798. The maximum Gasteiger partial charge on any atom is 0.303 e. The Morgan fingerprint density at radius 1 is 0.976 bits per heavy atom. The first-order valence-electron chi connectivity index (χ1n) is 14.8. The Balaban J connectivity index is 1.05. The van der Waals surface area contributed by atoms with Crippen molar-refractivity contribution in [1.29, 1.82) is 0 Å². The second-order valence-corrected chi connectivity index (χ2v) is 12.5. The number of carboxylic acids is 1. The van der Waals surface area contributed by atoms with Gasteiger partial charge in [0.25, 0.3) is 0 Å². The number of rotatable bonds is 11. The largest absolute Gasteiger partial charge is 0.481 e. The minimum Gasteiger partial charge on any atom is -0.481 e. The van der Waals surface area contributed by atoms with Gasteiger partial charge in [-0.3, -0.25) is 9.79 Å². The van der Waals surface area contributed by atoms with Gasteiger partial charge < -0.3 is 10.1 Å². The number of aliphatic carboxylic acids is 1. The van der Waals surface area contributed by atoms with Gasteiger partial charge in [0.2, 0.25) is 0 Å². The van der Waals surface area contributed by atoms with Crippen LogP contribution in [0, 0.1) is 0 Å². The summed E-state index contributed by atoms with van der Waals surface area (Å²) in [5.41, 5.74) is 8.06. The zero-order valence-electron chi connectivity index (χ0n) is 23.4. The number of aryl methyl sites for hydroxylation is 2. The molecule has 0 saturated heterocycles. The molecule has 3 heterocycles.